The van der Waals surface area contributed by atoms with E-state index in [2.05, 4.69) is 38.2 Å². The predicted octanol–water partition coefficient (Wildman–Crippen LogP) is 5.95. The van der Waals surface area contributed by atoms with E-state index in [1.807, 2.05) is 49.4 Å². The van der Waals surface area contributed by atoms with Gasteiger partial charge in [0.15, 0.2) is 0 Å². The van der Waals surface area contributed by atoms with Crippen molar-refractivity contribution in [3.63, 3.8) is 0 Å². The Bertz CT molecular complexity index is 1740. The van der Waals surface area contributed by atoms with Gasteiger partial charge in [0.1, 0.15) is 11.8 Å². The molecule has 0 radical (unpaired) electrons. The van der Waals surface area contributed by atoms with E-state index in [0.717, 1.165) is 28.0 Å². The van der Waals surface area contributed by atoms with Crippen LogP contribution in [0.4, 0.5) is 11.4 Å². The monoisotopic (exact) mass is 597 g/mol. The molecule has 6 rings (SSSR count). The number of nitrogens with one attached hydrogen (secondary N) is 1. The number of carbonyl (C=O) groups excluding carboxylic acids is 3. The lowest BCUT2D eigenvalue weighted by molar-refractivity contribution is -0.122. The first-order chi connectivity index (χ1) is 20.0. The Morgan fingerprint density at radius 2 is 1.55 bits per heavy atom. The normalized spacial score (nSPS) is 19.9. The smallest absolute Gasteiger partial charge is 0.308 e. The molecular weight excluding hydrogens is 567 g/mol. The molecular formula is C33H31N3O4S2. The van der Waals surface area contributed by atoms with Gasteiger partial charge >= 0.3 is 4.87 Å². The first kappa shape index (κ1) is 28.2. The van der Waals surface area contributed by atoms with Gasteiger partial charge in [0.05, 0.1) is 16.6 Å². The Morgan fingerprint density at radius 3 is 2.19 bits per heavy atom. The van der Waals surface area contributed by atoms with Crippen LogP contribution in [0.15, 0.2) is 88.7 Å². The van der Waals surface area contributed by atoms with E-state index < -0.39 is 17.1 Å². The molecule has 3 unspecified atom stereocenters. The summed E-state index contributed by atoms with van der Waals surface area (Å²) in [7, 11) is 0. The van der Waals surface area contributed by atoms with E-state index in [9.17, 15) is 19.2 Å². The third-order valence-electron chi connectivity index (χ3n) is 7.84. The highest BCUT2D eigenvalue weighted by Gasteiger charge is 2.56. The molecule has 9 heteroatoms. The summed E-state index contributed by atoms with van der Waals surface area (Å²) >= 11 is 2.28. The zero-order valence-corrected chi connectivity index (χ0v) is 25.4. The summed E-state index contributed by atoms with van der Waals surface area (Å²) in [5, 5.41) is 2.71. The number of rotatable bonds is 5. The fourth-order valence-electron chi connectivity index (χ4n) is 5.62. The van der Waals surface area contributed by atoms with Crippen molar-refractivity contribution in [2.24, 2.45) is 5.92 Å². The Labute approximate surface area is 252 Å². The number of imide groups is 1. The largest absolute Gasteiger partial charge is 0.325 e. The number of aryl methyl sites for hydroxylation is 1. The molecule has 42 heavy (non-hydrogen) atoms. The molecule has 2 aliphatic rings. The highest BCUT2D eigenvalue weighted by molar-refractivity contribution is 8.00. The molecule has 3 heterocycles. The fourth-order valence-corrected chi connectivity index (χ4v) is 8.39. The SMILES string of the molecule is Cc1ccc(NC(=O)Cn2c3c(sc2=O)C(c2ccc(C(C)(C)C)cc2)C2C(=O)N(c4ccccc4)C(=O)C2S3)cc1. The summed E-state index contributed by atoms with van der Waals surface area (Å²) in [6, 6.07) is 24.5. The van der Waals surface area contributed by atoms with Gasteiger partial charge in [-0.25, -0.2) is 4.90 Å². The third kappa shape index (κ3) is 5.01. The van der Waals surface area contributed by atoms with Crippen LogP contribution in [0.25, 0.3) is 0 Å². The van der Waals surface area contributed by atoms with Crippen molar-refractivity contribution in [2.75, 3.05) is 10.2 Å². The molecule has 1 fully saturated rings. The maximum Gasteiger partial charge on any atom is 0.308 e. The minimum absolute atomic E-state index is 0.0587. The minimum Gasteiger partial charge on any atom is -0.325 e. The first-order valence-electron chi connectivity index (χ1n) is 13.8. The van der Waals surface area contributed by atoms with Gasteiger partial charge < -0.3 is 5.32 Å². The number of thiazole rings is 1. The number of fused-ring (bicyclic) bond motifs is 2. The van der Waals surface area contributed by atoms with Gasteiger partial charge in [0.25, 0.3) is 0 Å². The van der Waals surface area contributed by atoms with Crippen molar-refractivity contribution in [3.05, 3.63) is 110 Å². The van der Waals surface area contributed by atoms with Gasteiger partial charge in [-0.2, -0.15) is 0 Å². The second-order valence-electron chi connectivity index (χ2n) is 11.8. The molecule has 7 nitrogen and oxygen atoms in total. The molecule has 3 amide bonds. The molecule has 1 aromatic heterocycles. The second-order valence-corrected chi connectivity index (χ2v) is 13.9. The van der Waals surface area contributed by atoms with Gasteiger partial charge in [-0.3, -0.25) is 23.7 Å². The lowest BCUT2D eigenvalue weighted by atomic mass is 9.81. The Balaban J connectivity index is 1.41. The van der Waals surface area contributed by atoms with Crippen LogP contribution >= 0.6 is 23.1 Å². The average molecular weight is 598 g/mol. The number of benzene rings is 3. The van der Waals surface area contributed by atoms with Crippen molar-refractivity contribution >= 4 is 52.2 Å². The van der Waals surface area contributed by atoms with Crippen LogP contribution in [-0.4, -0.2) is 27.5 Å². The van der Waals surface area contributed by atoms with Crippen LogP contribution in [-0.2, 0) is 26.3 Å². The van der Waals surface area contributed by atoms with Crippen molar-refractivity contribution in [3.8, 4) is 0 Å². The van der Waals surface area contributed by atoms with Crippen molar-refractivity contribution in [2.45, 2.75) is 55.8 Å². The van der Waals surface area contributed by atoms with Crippen LogP contribution in [0.5, 0.6) is 0 Å². The van der Waals surface area contributed by atoms with Crippen LogP contribution in [0.1, 0.15) is 48.3 Å². The van der Waals surface area contributed by atoms with Gasteiger partial charge in [-0.1, -0.05) is 104 Å². The maximum atomic E-state index is 14.0. The van der Waals surface area contributed by atoms with Gasteiger partial charge in [-0.05, 0) is 47.7 Å². The van der Waals surface area contributed by atoms with E-state index in [4.69, 9.17) is 0 Å². The number of hydrogen-bond acceptors (Lipinski definition) is 6. The summed E-state index contributed by atoms with van der Waals surface area (Å²) in [6.45, 7) is 8.19. The van der Waals surface area contributed by atoms with Crippen LogP contribution in [0, 0.1) is 12.8 Å². The van der Waals surface area contributed by atoms with Crippen molar-refractivity contribution in [1.29, 1.82) is 0 Å². The zero-order valence-electron chi connectivity index (χ0n) is 23.8. The van der Waals surface area contributed by atoms with E-state index in [-0.39, 0.29) is 34.6 Å². The Hall–Kier alpha value is -3.95. The zero-order chi connectivity index (χ0) is 29.8. The van der Waals surface area contributed by atoms with Gasteiger partial charge in [-0.15, -0.1) is 0 Å². The van der Waals surface area contributed by atoms with Gasteiger partial charge in [0.2, 0.25) is 17.7 Å². The average Bonchev–Trinajstić information content (AvgIpc) is 3.40. The number of anilines is 2. The van der Waals surface area contributed by atoms with Crippen LogP contribution in [0.3, 0.4) is 0 Å². The van der Waals surface area contributed by atoms with Gasteiger partial charge in [0, 0.05) is 16.5 Å². The highest BCUT2D eigenvalue weighted by atomic mass is 32.2. The molecule has 0 saturated carbocycles. The summed E-state index contributed by atoms with van der Waals surface area (Å²) in [6.07, 6.45) is 0. The number of aromatic nitrogens is 1. The lowest BCUT2D eigenvalue weighted by Crippen LogP contribution is -2.33. The third-order valence-corrected chi connectivity index (χ3v) is 10.4. The second kappa shape index (κ2) is 10.7. The lowest BCUT2D eigenvalue weighted by Gasteiger charge is -2.31. The molecule has 0 spiro atoms. The molecule has 214 valence electrons. The number of amides is 3. The Morgan fingerprint density at radius 1 is 0.881 bits per heavy atom. The number of nitrogens with zero attached hydrogens (tertiary/aromatic N) is 2. The van der Waals surface area contributed by atoms with E-state index in [1.54, 1.807) is 24.3 Å². The van der Waals surface area contributed by atoms with E-state index in [0.29, 0.717) is 21.3 Å². The summed E-state index contributed by atoms with van der Waals surface area (Å²) < 4.78 is 1.45. The standard InChI is InChI=1S/C33H31N3O4S2/c1-19-10-16-22(17-11-19)34-24(37)18-35-31-28(42-32(35)40)25(20-12-14-21(15-13-20)33(2,3)4)26-27(41-31)30(39)36(29(26)38)23-8-6-5-7-9-23/h5-17,25-27H,18H2,1-4H3,(H,34,37). The number of carbonyl (C=O) groups is 3. The van der Waals surface area contributed by atoms with Crippen LogP contribution in [0.2, 0.25) is 0 Å². The predicted molar refractivity (Wildman–Crippen MR) is 167 cm³/mol. The van der Waals surface area contributed by atoms with E-state index >= 15 is 0 Å². The van der Waals surface area contributed by atoms with Crippen molar-refractivity contribution in [1.82, 2.24) is 4.57 Å². The molecule has 4 aromatic rings. The molecule has 3 atom stereocenters. The topological polar surface area (TPSA) is 88.5 Å². The summed E-state index contributed by atoms with van der Waals surface area (Å²) in [5.41, 5.74) is 4.20. The summed E-state index contributed by atoms with van der Waals surface area (Å²) in [5.74, 6) is -2.09. The minimum atomic E-state index is -0.724. The maximum absolute atomic E-state index is 14.0. The molecule has 0 bridgehead atoms. The van der Waals surface area contributed by atoms with E-state index in [1.165, 1.54) is 21.2 Å². The molecule has 3 aromatic carbocycles. The number of para-hydroxylation sites is 1. The first-order valence-corrected chi connectivity index (χ1v) is 15.5. The molecule has 2 aliphatic heterocycles. The summed E-state index contributed by atoms with van der Waals surface area (Å²) in [4.78, 5) is 56.0. The fraction of sp³-hybridized carbons (Fsp3) is 0.273. The highest BCUT2D eigenvalue weighted by Crippen LogP contribution is 2.54. The molecule has 1 N–H and O–H groups in total. The quantitative estimate of drug-likeness (QED) is 0.287. The number of thioether (sulfide) groups is 1. The van der Waals surface area contributed by atoms with Crippen molar-refractivity contribution < 1.29 is 14.4 Å². The Kier molecular flexibility index (Phi) is 7.19. The van der Waals surface area contributed by atoms with Crippen LogP contribution < -0.4 is 15.1 Å². The molecule has 0 aliphatic carbocycles. The molecule has 1 saturated heterocycles. The number of hydrogen-bond donors (Lipinski definition) is 1.